The van der Waals surface area contributed by atoms with Gasteiger partial charge in [-0.3, -0.25) is 0 Å². The van der Waals surface area contributed by atoms with Crippen molar-refractivity contribution < 1.29 is 4.74 Å². The number of anilines is 1. The van der Waals surface area contributed by atoms with Crippen LogP contribution in [-0.2, 0) is 0 Å². The Labute approximate surface area is 77.6 Å². The molecule has 1 aliphatic rings. The van der Waals surface area contributed by atoms with E-state index in [9.17, 15) is 0 Å². The van der Waals surface area contributed by atoms with Crippen molar-refractivity contribution >= 4 is 5.82 Å². The number of aromatic nitrogens is 2. The fraction of sp³-hybridized carbons (Fsp3) is 0.556. The average Bonchev–Trinajstić information content (AvgIpc) is 2.70. The van der Waals surface area contributed by atoms with Gasteiger partial charge in [-0.25, -0.2) is 9.97 Å². The number of hydrogen-bond acceptors (Lipinski definition) is 4. The maximum Gasteiger partial charge on any atom is 0.179 e. The topological polar surface area (TPSA) is 38.3 Å². The summed E-state index contributed by atoms with van der Waals surface area (Å²) < 4.78 is 5.19. The van der Waals surface area contributed by atoms with E-state index < -0.39 is 0 Å². The summed E-state index contributed by atoms with van der Waals surface area (Å²) in [5, 5.41) is 0. The number of methoxy groups -OCH3 is 1. The molecule has 4 heteroatoms. The second-order valence-corrected chi connectivity index (χ2v) is 3.11. The minimum absolute atomic E-state index is 0.768. The first-order valence-electron chi connectivity index (χ1n) is 4.51. The molecule has 0 aliphatic carbocycles. The second kappa shape index (κ2) is 3.60. The first-order valence-corrected chi connectivity index (χ1v) is 4.51. The molecule has 0 atom stereocenters. The molecule has 1 aliphatic heterocycles. The molecule has 0 spiro atoms. The van der Waals surface area contributed by atoms with E-state index in [1.807, 2.05) is 0 Å². The minimum Gasteiger partial charge on any atom is -0.491 e. The summed E-state index contributed by atoms with van der Waals surface area (Å²) in [7, 11) is 1.65. The van der Waals surface area contributed by atoms with E-state index >= 15 is 0 Å². The number of ether oxygens (including phenoxy) is 1. The molecule has 4 nitrogen and oxygen atoms in total. The third-order valence-corrected chi connectivity index (χ3v) is 2.28. The van der Waals surface area contributed by atoms with Crippen LogP contribution in [-0.4, -0.2) is 30.2 Å². The Morgan fingerprint density at radius 1 is 1.38 bits per heavy atom. The van der Waals surface area contributed by atoms with Gasteiger partial charge in [0.2, 0.25) is 0 Å². The minimum atomic E-state index is 0.768. The highest BCUT2D eigenvalue weighted by Gasteiger charge is 2.17. The summed E-state index contributed by atoms with van der Waals surface area (Å²) >= 11 is 0. The van der Waals surface area contributed by atoms with Crippen molar-refractivity contribution in [2.75, 3.05) is 25.1 Å². The number of hydrogen-bond donors (Lipinski definition) is 0. The molecular weight excluding hydrogens is 166 g/mol. The lowest BCUT2D eigenvalue weighted by Crippen LogP contribution is -2.19. The van der Waals surface area contributed by atoms with Gasteiger partial charge in [0.15, 0.2) is 11.6 Å². The zero-order chi connectivity index (χ0) is 9.10. The zero-order valence-electron chi connectivity index (χ0n) is 7.73. The van der Waals surface area contributed by atoms with Gasteiger partial charge in [0.1, 0.15) is 6.33 Å². The van der Waals surface area contributed by atoms with Crippen LogP contribution in [0.2, 0.25) is 0 Å². The molecule has 2 heterocycles. The van der Waals surface area contributed by atoms with Crippen molar-refractivity contribution in [1.82, 2.24) is 9.97 Å². The first kappa shape index (κ1) is 8.29. The Bertz CT molecular complexity index is 284. The first-order chi connectivity index (χ1) is 6.42. The van der Waals surface area contributed by atoms with E-state index in [2.05, 4.69) is 14.9 Å². The summed E-state index contributed by atoms with van der Waals surface area (Å²) in [5.74, 6) is 1.69. The molecule has 0 radical (unpaired) electrons. The molecular formula is C9H13N3O. The maximum atomic E-state index is 5.19. The number of nitrogens with zero attached hydrogens (tertiary/aromatic N) is 3. The molecule has 13 heavy (non-hydrogen) atoms. The van der Waals surface area contributed by atoms with Crippen LogP contribution in [0.5, 0.6) is 5.75 Å². The van der Waals surface area contributed by atoms with Crippen LogP contribution in [0.15, 0.2) is 12.5 Å². The lowest BCUT2D eigenvalue weighted by molar-refractivity contribution is 0.411. The Morgan fingerprint density at radius 2 is 2.15 bits per heavy atom. The molecule has 0 unspecified atom stereocenters. The Morgan fingerprint density at radius 3 is 2.85 bits per heavy atom. The highest BCUT2D eigenvalue weighted by molar-refractivity contribution is 5.51. The van der Waals surface area contributed by atoms with E-state index in [0.717, 1.165) is 24.7 Å². The fourth-order valence-corrected chi connectivity index (χ4v) is 1.62. The van der Waals surface area contributed by atoms with Gasteiger partial charge in [0, 0.05) is 13.1 Å². The van der Waals surface area contributed by atoms with Gasteiger partial charge in [-0.05, 0) is 12.8 Å². The van der Waals surface area contributed by atoms with E-state index in [0.29, 0.717) is 0 Å². The Balaban J connectivity index is 2.26. The lowest BCUT2D eigenvalue weighted by atomic mass is 10.4. The lowest BCUT2D eigenvalue weighted by Gasteiger charge is -2.17. The maximum absolute atomic E-state index is 5.19. The summed E-state index contributed by atoms with van der Waals surface area (Å²) in [6.45, 7) is 2.15. The van der Waals surface area contributed by atoms with Crippen LogP contribution >= 0.6 is 0 Å². The van der Waals surface area contributed by atoms with Crippen molar-refractivity contribution in [1.29, 1.82) is 0 Å². The molecule has 0 aromatic carbocycles. The molecule has 0 N–H and O–H groups in total. The van der Waals surface area contributed by atoms with Gasteiger partial charge in [0.25, 0.3) is 0 Å². The largest absolute Gasteiger partial charge is 0.491 e. The van der Waals surface area contributed by atoms with Crippen molar-refractivity contribution in [2.45, 2.75) is 12.8 Å². The third-order valence-electron chi connectivity index (χ3n) is 2.28. The normalized spacial score (nSPS) is 16.2. The highest BCUT2D eigenvalue weighted by Crippen LogP contribution is 2.26. The molecule has 1 aromatic rings. The predicted octanol–water partition coefficient (Wildman–Crippen LogP) is 1.09. The second-order valence-electron chi connectivity index (χ2n) is 3.11. The smallest absolute Gasteiger partial charge is 0.179 e. The molecule has 0 saturated carbocycles. The van der Waals surface area contributed by atoms with Gasteiger partial charge in [-0.1, -0.05) is 0 Å². The molecule has 1 aromatic heterocycles. The van der Waals surface area contributed by atoms with Crippen LogP contribution in [0.25, 0.3) is 0 Å². The Kier molecular flexibility index (Phi) is 2.29. The zero-order valence-corrected chi connectivity index (χ0v) is 7.73. The van der Waals surface area contributed by atoms with Crippen LogP contribution < -0.4 is 9.64 Å². The average molecular weight is 179 g/mol. The van der Waals surface area contributed by atoms with Gasteiger partial charge in [-0.2, -0.15) is 0 Å². The van der Waals surface area contributed by atoms with E-state index in [1.165, 1.54) is 12.8 Å². The van der Waals surface area contributed by atoms with Gasteiger partial charge >= 0.3 is 0 Å². The fourth-order valence-electron chi connectivity index (χ4n) is 1.62. The summed E-state index contributed by atoms with van der Waals surface area (Å²) in [5.41, 5.74) is 0. The molecule has 0 amide bonds. The van der Waals surface area contributed by atoms with Crippen LogP contribution in [0.3, 0.4) is 0 Å². The molecule has 0 bridgehead atoms. The highest BCUT2D eigenvalue weighted by atomic mass is 16.5. The van der Waals surface area contributed by atoms with Gasteiger partial charge < -0.3 is 9.64 Å². The van der Waals surface area contributed by atoms with Gasteiger partial charge in [-0.15, -0.1) is 0 Å². The van der Waals surface area contributed by atoms with Crippen LogP contribution in [0.4, 0.5) is 5.82 Å². The third kappa shape index (κ3) is 1.56. The predicted molar refractivity (Wildman–Crippen MR) is 50.0 cm³/mol. The standard InChI is InChI=1S/C9H13N3O/c1-13-8-6-10-7-11-9(8)12-4-2-3-5-12/h6-7H,2-5H2,1H3. The van der Waals surface area contributed by atoms with Crippen LogP contribution in [0.1, 0.15) is 12.8 Å². The van der Waals surface area contributed by atoms with Crippen molar-refractivity contribution in [3.05, 3.63) is 12.5 Å². The molecule has 1 saturated heterocycles. The van der Waals surface area contributed by atoms with Crippen LogP contribution in [0, 0.1) is 0 Å². The van der Waals surface area contributed by atoms with Crippen molar-refractivity contribution in [2.24, 2.45) is 0 Å². The van der Waals surface area contributed by atoms with E-state index in [-0.39, 0.29) is 0 Å². The molecule has 2 rings (SSSR count). The SMILES string of the molecule is COc1cncnc1N1CCCC1. The summed E-state index contributed by atoms with van der Waals surface area (Å²) in [4.78, 5) is 10.4. The molecule has 70 valence electrons. The van der Waals surface area contributed by atoms with Gasteiger partial charge in [0.05, 0.1) is 13.3 Å². The Hall–Kier alpha value is -1.32. The monoisotopic (exact) mass is 179 g/mol. The van der Waals surface area contributed by atoms with E-state index in [1.54, 1.807) is 19.6 Å². The van der Waals surface area contributed by atoms with Crippen molar-refractivity contribution in [3.63, 3.8) is 0 Å². The quantitative estimate of drug-likeness (QED) is 0.681. The molecule has 1 fully saturated rings. The summed E-state index contributed by atoms with van der Waals surface area (Å²) in [6, 6.07) is 0. The van der Waals surface area contributed by atoms with Crippen molar-refractivity contribution in [3.8, 4) is 5.75 Å². The van der Waals surface area contributed by atoms with E-state index in [4.69, 9.17) is 4.74 Å². The summed E-state index contributed by atoms with van der Waals surface area (Å²) in [6.07, 6.45) is 5.76. The number of rotatable bonds is 2.